The minimum atomic E-state index is -1.23. The molecule has 0 aliphatic carbocycles. The molecule has 0 bridgehead atoms. The van der Waals surface area contributed by atoms with Gasteiger partial charge in [-0.2, -0.15) is 0 Å². The molecular formula is C23H20ClNO4. The van der Waals surface area contributed by atoms with Gasteiger partial charge < -0.3 is 15.2 Å². The van der Waals surface area contributed by atoms with Crippen molar-refractivity contribution in [3.63, 3.8) is 0 Å². The maximum absolute atomic E-state index is 12.3. The molecule has 0 saturated heterocycles. The number of rotatable bonds is 6. The van der Waals surface area contributed by atoms with Crippen molar-refractivity contribution in [1.82, 2.24) is 5.32 Å². The average Bonchev–Trinajstić information content (AvgIpc) is 2.70. The first-order valence-corrected chi connectivity index (χ1v) is 9.35. The lowest BCUT2D eigenvalue weighted by Crippen LogP contribution is -2.31. The summed E-state index contributed by atoms with van der Waals surface area (Å²) in [5, 5.41) is 14.4. The van der Waals surface area contributed by atoms with Crippen molar-refractivity contribution in [2.24, 2.45) is 0 Å². The Balaban J connectivity index is 1.76. The van der Waals surface area contributed by atoms with Gasteiger partial charge in [-0.05, 0) is 59.5 Å². The van der Waals surface area contributed by atoms with Crippen LogP contribution in [0, 0.1) is 13.8 Å². The first-order valence-electron chi connectivity index (χ1n) is 8.97. The molecule has 6 heteroatoms. The van der Waals surface area contributed by atoms with Crippen molar-refractivity contribution in [1.29, 1.82) is 0 Å². The molecule has 0 saturated carbocycles. The summed E-state index contributed by atoms with van der Waals surface area (Å²) in [6.45, 7) is 3.37. The maximum atomic E-state index is 12.3. The third kappa shape index (κ3) is 4.95. The Hall–Kier alpha value is -3.31. The highest BCUT2D eigenvalue weighted by Crippen LogP contribution is 2.26. The van der Waals surface area contributed by atoms with Gasteiger partial charge >= 0.3 is 5.97 Å². The fourth-order valence-corrected chi connectivity index (χ4v) is 3.12. The molecule has 0 heterocycles. The predicted octanol–water partition coefficient (Wildman–Crippen LogP) is 4.73. The fraction of sp³-hybridized carbons (Fsp3) is 0.130. The SMILES string of the molecule is Cc1cc(OCC(=O)N/C(=C/c2cccc3ccccc23)C(=O)O)cc(C)c1Cl. The third-order valence-corrected chi connectivity index (χ3v) is 5.00. The Morgan fingerprint density at radius 2 is 1.72 bits per heavy atom. The van der Waals surface area contributed by atoms with E-state index in [1.165, 1.54) is 6.08 Å². The van der Waals surface area contributed by atoms with E-state index < -0.39 is 11.9 Å². The fourth-order valence-electron chi connectivity index (χ4n) is 3.01. The number of carboxylic acid groups (broad SMARTS) is 1. The van der Waals surface area contributed by atoms with E-state index in [4.69, 9.17) is 16.3 Å². The molecule has 5 nitrogen and oxygen atoms in total. The van der Waals surface area contributed by atoms with Gasteiger partial charge in [-0.3, -0.25) is 4.79 Å². The summed E-state index contributed by atoms with van der Waals surface area (Å²) in [7, 11) is 0. The van der Waals surface area contributed by atoms with Crippen molar-refractivity contribution in [2.45, 2.75) is 13.8 Å². The smallest absolute Gasteiger partial charge is 0.352 e. The van der Waals surface area contributed by atoms with Crippen LogP contribution in [0.3, 0.4) is 0 Å². The highest BCUT2D eigenvalue weighted by atomic mass is 35.5. The van der Waals surface area contributed by atoms with Gasteiger partial charge in [-0.1, -0.05) is 54.1 Å². The summed E-state index contributed by atoms with van der Waals surface area (Å²) in [5.74, 6) is -1.30. The van der Waals surface area contributed by atoms with E-state index in [9.17, 15) is 14.7 Å². The Kier molecular flexibility index (Phi) is 6.20. The number of benzene rings is 3. The molecule has 0 aliphatic rings. The number of fused-ring (bicyclic) bond motifs is 1. The largest absolute Gasteiger partial charge is 0.484 e. The molecule has 0 atom stereocenters. The number of hydrogen-bond donors (Lipinski definition) is 2. The Labute approximate surface area is 173 Å². The molecule has 0 spiro atoms. The molecule has 3 rings (SSSR count). The molecule has 0 aliphatic heterocycles. The summed E-state index contributed by atoms with van der Waals surface area (Å²) in [5.41, 5.74) is 2.15. The lowest BCUT2D eigenvalue weighted by atomic mass is 10.0. The van der Waals surface area contributed by atoms with Crippen LogP contribution in [0.25, 0.3) is 16.8 Å². The molecule has 0 aromatic heterocycles. The number of carbonyl (C=O) groups is 2. The standard InChI is InChI=1S/C23H20ClNO4/c1-14-10-18(11-15(2)22(14)24)29-13-21(26)25-20(23(27)28)12-17-8-5-7-16-6-3-4-9-19(16)17/h3-12H,13H2,1-2H3,(H,25,26)(H,27,28)/b20-12+. The Morgan fingerprint density at radius 3 is 2.41 bits per heavy atom. The van der Waals surface area contributed by atoms with Crippen LogP contribution in [0.2, 0.25) is 5.02 Å². The zero-order chi connectivity index (χ0) is 21.0. The van der Waals surface area contributed by atoms with Crippen LogP contribution in [0.5, 0.6) is 5.75 Å². The number of halogens is 1. The van der Waals surface area contributed by atoms with Crippen molar-refractivity contribution in [3.8, 4) is 5.75 Å². The van der Waals surface area contributed by atoms with Gasteiger partial charge in [0.05, 0.1) is 0 Å². The van der Waals surface area contributed by atoms with Gasteiger partial charge in [0.1, 0.15) is 11.4 Å². The van der Waals surface area contributed by atoms with Crippen LogP contribution in [-0.2, 0) is 9.59 Å². The normalized spacial score (nSPS) is 11.3. The number of nitrogens with one attached hydrogen (secondary N) is 1. The van der Waals surface area contributed by atoms with Crippen molar-refractivity contribution in [3.05, 3.63) is 82.0 Å². The van der Waals surface area contributed by atoms with Crippen molar-refractivity contribution < 1.29 is 19.4 Å². The number of hydrogen-bond acceptors (Lipinski definition) is 3. The molecule has 2 N–H and O–H groups in total. The predicted molar refractivity (Wildman–Crippen MR) is 114 cm³/mol. The summed E-state index contributed by atoms with van der Waals surface area (Å²) < 4.78 is 5.49. The summed E-state index contributed by atoms with van der Waals surface area (Å²) >= 11 is 6.13. The summed E-state index contributed by atoms with van der Waals surface area (Å²) in [4.78, 5) is 23.9. The van der Waals surface area contributed by atoms with Gasteiger partial charge in [0.2, 0.25) is 0 Å². The second-order valence-corrected chi connectivity index (χ2v) is 7.02. The van der Waals surface area contributed by atoms with Gasteiger partial charge in [-0.15, -0.1) is 0 Å². The molecule has 3 aromatic carbocycles. The van der Waals surface area contributed by atoms with E-state index in [-0.39, 0.29) is 12.3 Å². The molecule has 0 radical (unpaired) electrons. The highest BCUT2D eigenvalue weighted by Gasteiger charge is 2.14. The lowest BCUT2D eigenvalue weighted by molar-refractivity contribution is -0.134. The van der Waals surface area contributed by atoms with Crippen LogP contribution < -0.4 is 10.1 Å². The number of ether oxygens (including phenoxy) is 1. The van der Waals surface area contributed by atoms with E-state index in [2.05, 4.69) is 5.32 Å². The summed E-state index contributed by atoms with van der Waals surface area (Å²) in [6, 6.07) is 16.7. The van der Waals surface area contributed by atoms with E-state index in [1.54, 1.807) is 18.2 Å². The topological polar surface area (TPSA) is 75.6 Å². The lowest BCUT2D eigenvalue weighted by Gasteiger charge is -2.11. The quantitative estimate of drug-likeness (QED) is 0.577. The molecule has 29 heavy (non-hydrogen) atoms. The van der Waals surface area contributed by atoms with Gasteiger partial charge in [-0.25, -0.2) is 4.79 Å². The molecular weight excluding hydrogens is 390 g/mol. The van der Waals surface area contributed by atoms with Crippen LogP contribution in [0.1, 0.15) is 16.7 Å². The minimum absolute atomic E-state index is 0.224. The second kappa shape index (κ2) is 8.80. The Morgan fingerprint density at radius 1 is 1.07 bits per heavy atom. The van der Waals surface area contributed by atoms with Gasteiger partial charge in [0, 0.05) is 5.02 Å². The number of amides is 1. The monoisotopic (exact) mass is 409 g/mol. The van der Waals surface area contributed by atoms with Gasteiger partial charge in [0.15, 0.2) is 6.61 Å². The van der Waals surface area contributed by atoms with Crippen LogP contribution in [0.4, 0.5) is 0 Å². The number of aliphatic carboxylic acids is 1. The third-order valence-electron chi connectivity index (χ3n) is 4.41. The van der Waals surface area contributed by atoms with Crippen LogP contribution in [0.15, 0.2) is 60.3 Å². The second-order valence-electron chi connectivity index (χ2n) is 6.64. The number of aryl methyl sites for hydroxylation is 2. The van der Waals surface area contributed by atoms with Crippen LogP contribution in [-0.4, -0.2) is 23.6 Å². The molecule has 3 aromatic rings. The van der Waals surface area contributed by atoms with Crippen LogP contribution >= 0.6 is 11.6 Å². The van der Waals surface area contributed by atoms with Gasteiger partial charge in [0.25, 0.3) is 5.91 Å². The summed E-state index contributed by atoms with van der Waals surface area (Å²) in [6.07, 6.45) is 1.44. The first-order chi connectivity index (χ1) is 13.8. The maximum Gasteiger partial charge on any atom is 0.352 e. The van der Waals surface area contributed by atoms with E-state index in [1.807, 2.05) is 50.2 Å². The zero-order valence-electron chi connectivity index (χ0n) is 16.0. The highest BCUT2D eigenvalue weighted by molar-refractivity contribution is 6.32. The van der Waals surface area contributed by atoms with E-state index >= 15 is 0 Å². The van der Waals surface area contributed by atoms with Crippen molar-refractivity contribution in [2.75, 3.05) is 6.61 Å². The van der Waals surface area contributed by atoms with E-state index in [0.717, 1.165) is 21.9 Å². The minimum Gasteiger partial charge on any atom is -0.484 e. The molecule has 148 valence electrons. The number of carboxylic acids is 1. The first kappa shape index (κ1) is 20.4. The molecule has 0 fully saturated rings. The molecule has 0 unspecified atom stereocenters. The van der Waals surface area contributed by atoms with Crippen molar-refractivity contribution >= 4 is 40.3 Å². The zero-order valence-corrected chi connectivity index (χ0v) is 16.8. The van der Waals surface area contributed by atoms with E-state index in [0.29, 0.717) is 16.3 Å². The molecule has 1 amide bonds. The average molecular weight is 410 g/mol. The Bertz CT molecular complexity index is 1090. The number of carbonyl (C=O) groups excluding carboxylic acids is 1.